The van der Waals surface area contributed by atoms with E-state index < -0.39 is 5.54 Å². The van der Waals surface area contributed by atoms with Crippen molar-refractivity contribution >= 4 is 33.8 Å². The number of aromatic nitrogens is 3. The Hall–Kier alpha value is -1.20. The van der Waals surface area contributed by atoms with E-state index in [0.717, 1.165) is 10.8 Å². The fourth-order valence-corrected chi connectivity index (χ4v) is 2.09. The number of nitrogens with zero attached hydrogens (tertiary/aromatic N) is 3. The number of aldehydes is 1. The number of rotatable bonds is 3. The molecule has 0 aliphatic rings. The number of carbonyl (C=O) groups excluding carboxylic acids is 1. The van der Waals surface area contributed by atoms with Crippen LogP contribution in [-0.4, -0.2) is 21.1 Å². The van der Waals surface area contributed by atoms with Gasteiger partial charge in [-0.15, -0.1) is 0 Å². The van der Waals surface area contributed by atoms with E-state index in [2.05, 4.69) is 26.0 Å². The Morgan fingerprint density at radius 3 is 2.78 bits per heavy atom. The fourth-order valence-electron chi connectivity index (χ4n) is 1.42. The highest BCUT2D eigenvalue weighted by Gasteiger charge is 2.23. The third-order valence-corrected chi connectivity index (χ3v) is 3.42. The number of hydrogen-bond acceptors (Lipinski definition) is 3. The molecule has 0 radical (unpaired) electrons. The molecule has 94 valence electrons. The van der Waals surface area contributed by atoms with Gasteiger partial charge in [0.1, 0.15) is 23.2 Å². The molecule has 18 heavy (non-hydrogen) atoms. The molecule has 0 aliphatic carbocycles. The minimum atomic E-state index is -0.706. The Kier molecular flexibility index (Phi) is 3.54. The third-order valence-electron chi connectivity index (χ3n) is 2.53. The van der Waals surface area contributed by atoms with E-state index in [1.54, 1.807) is 43.1 Å². The van der Waals surface area contributed by atoms with Crippen LogP contribution in [0.4, 0.5) is 0 Å². The molecule has 0 aliphatic heterocycles. The van der Waals surface area contributed by atoms with Crippen LogP contribution in [0.1, 0.15) is 13.8 Å². The maximum absolute atomic E-state index is 11.0. The minimum Gasteiger partial charge on any atom is -0.301 e. The monoisotopic (exact) mass is 327 g/mol. The Labute approximate surface area is 118 Å². The van der Waals surface area contributed by atoms with Crippen molar-refractivity contribution in [2.24, 2.45) is 0 Å². The first-order valence-electron chi connectivity index (χ1n) is 5.28. The van der Waals surface area contributed by atoms with Crippen LogP contribution in [0, 0.1) is 0 Å². The second kappa shape index (κ2) is 4.82. The normalized spacial score (nSPS) is 11.6. The molecule has 0 N–H and O–H groups in total. The van der Waals surface area contributed by atoms with E-state index in [1.165, 1.54) is 0 Å². The molecule has 0 unspecified atom stereocenters. The van der Waals surface area contributed by atoms with Crippen molar-refractivity contribution in [2.75, 3.05) is 0 Å². The lowest BCUT2D eigenvalue weighted by atomic mass is 10.1. The number of carbonyl (C=O) groups is 1. The first-order chi connectivity index (χ1) is 8.45. The highest BCUT2D eigenvalue weighted by atomic mass is 79.9. The van der Waals surface area contributed by atoms with Crippen LogP contribution in [0.2, 0.25) is 5.02 Å². The summed E-state index contributed by atoms with van der Waals surface area (Å²) in [6, 6.07) is 3.51. The van der Waals surface area contributed by atoms with Gasteiger partial charge in [0, 0.05) is 12.4 Å². The quantitative estimate of drug-likeness (QED) is 0.812. The molecule has 0 fully saturated rings. The molecule has 4 nitrogen and oxygen atoms in total. The Balaban J connectivity index is 2.55. The smallest absolute Gasteiger partial charge is 0.147 e. The molecular formula is C12H11BrClN3O. The van der Waals surface area contributed by atoms with Crippen LogP contribution in [-0.2, 0) is 10.3 Å². The molecular weight excluding hydrogens is 318 g/mol. The van der Waals surface area contributed by atoms with Gasteiger partial charge in [-0.3, -0.25) is 9.67 Å². The molecule has 0 bridgehead atoms. The van der Waals surface area contributed by atoms with Gasteiger partial charge < -0.3 is 4.79 Å². The molecule has 6 heteroatoms. The van der Waals surface area contributed by atoms with Gasteiger partial charge in [-0.1, -0.05) is 11.6 Å². The van der Waals surface area contributed by atoms with Gasteiger partial charge in [0.2, 0.25) is 0 Å². The Morgan fingerprint density at radius 1 is 1.44 bits per heavy atom. The average molecular weight is 329 g/mol. The van der Waals surface area contributed by atoms with Crippen LogP contribution in [0.15, 0.2) is 29.0 Å². The molecule has 0 amide bonds. The van der Waals surface area contributed by atoms with Crippen molar-refractivity contribution in [3.05, 3.63) is 34.0 Å². The van der Waals surface area contributed by atoms with Crippen LogP contribution < -0.4 is 0 Å². The van der Waals surface area contributed by atoms with Gasteiger partial charge in [0.25, 0.3) is 0 Å². The van der Waals surface area contributed by atoms with E-state index in [1.807, 2.05) is 0 Å². The third kappa shape index (κ3) is 2.33. The summed E-state index contributed by atoms with van der Waals surface area (Å²) < 4.78 is 2.34. The van der Waals surface area contributed by atoms with Crippen molar-refractivity contribution in [3.63, 3.8) is 0 Å². The predicted octanol–water partition coefficient (Wildman–Crippen LogP) is 3.30. The van der Waals surface area contributed by atoms with Gasteiger partial charge >= 0.3 is 0 Å². The molecule has 2 rings (SSSR count). The standard InChI is InChI=1S/C12H11BrClN3O/c1-12(2,7-18)17-6-8(13)10(16-17)11-9(14)4-3-5-15-11/h3-7H,1-2H3. The SMILES string of the molecule is CC(C)(C=O)n1cc(Br)c(-c2ncccc2Cl)n1. The average Bonchev–Trinajstić information content (AvgIpc) is 2.73. The fraction of sp³-hybridized carbons (Fsp3) is 0.250. The molecule has 2 heterocycles. The summed E-state index contributed by atoms with van der Waals surface area (Å²) in [6.07, 6.45) is 4.24. The summed E-state index contributed by atoms with van der Waals surface area (Å²) in [5.74, 6) is 0. The summed E-state index contributed by atoms with van der Waals surface area (Å²) in [7, 11) is 0. The van der Waals surface area contributed by atoms with Crippen molar-refractivity contribution in [1.29, 1.82) is 0 Å². The molecule has 2 aromatic heterocycles. The lowest BCUT2D eigenvalue weighted by Crippen LogP contribution is -2.28. The first kappa shape index (κ1) is 13.2. The summed E-state index contributed by atoms with van der Waals surface area (Å²) in [4.78, 5) is 15.2. The largest absolute Gasteiger partial charge is 0.301 e. The zero-order valence-electron chi connectivity index (χ0n) is 9.89. The topological polar surface area (TPSA) is 47.8 Å². The highest BCUT2D eigenvalue weighted by Crippen LogP contribution is 2.31. The van der Waals surface area contributed by atoms with Gasteiger partial charge in [-0.25, -0.2) is 0 Å². The van der Waals surface area contributed by atoms with Crippen molar-refractivity contribution in [2.45, 2.75) is 19.4 Å². The van der Waals surface area contributed by atoms with Crippen LogP contribution in [0.3, 0.4) is 0 Å². The molecule has 2 aromatic rings. The summed E-state index contributed by atoms with van der Waals surface area (Å²) in [6.45, 7) is 3.56. The van der Waals surface area contributed by atoms with Crippen molar-refractivity contribution in [3.8, 4) is 11.4 Å². The molecule has 0 saturated heterocycles. The highest BCUT2D eigenvalue weighted by molar-refractivity contribution is 9.10. The minimum absolute atomic E-state index is 0.521. The Morgan fingerprint density at radius 2 is 2.17 bits per heavy atom. The maximum Gasteiger partial charge on any atom is 0.147 e. The lowest BCUT2D eigenvalue weighted by Gasteiger charge is -2.17. The number of halogens is 2. The van der Waals surface area contributed by atoms with Crippen LogP contribution >= 0.6 is 27.5 Å². The predicted molar refractivity (Wildman–Crippen MR) is 73.6 cm³/mol. The van der Waals surface area contributed by atoms with Crippen LogP contribution in [0.25, 0.3) is 11.4 Å². The molecule has 0 spiro atoms. The molecule has 0 atom stereocenters. The van der Waals surface area contributed by atoms with Crippen LogP contribution in [0.5, 0.6) is 0 Å². The van der Waals surface area contributed by atoms with Gasteiger partial charge in [0.05, 0.1) is 9.50 Å². The number of pyridine rings is 1. The van der Waals surface area contributed by atoms with E-state index >= 15 is 0 Å². The second-order valence-electron chi connectivity index (χ2n) is 4.38. The summed E-state index contributed by atoms with van der Waals surface area (Å²) in [5.41, 5.74) is 0.504. The zero-order chi connectivity index (χ0) is 13.3. The first-order valence-corrected chi connectivity index (χ1v) is 6.45. The van der Waals surface area contributed by atoms with E-state index in [-0.39, 0.29) is 0 Å². The van der Waals surface area contributed by atoms with Gasteiger partial charge in [-0.2, -0.15) is 5.10 Å². The summed E-state index contributed by atoms with van der Waals surface area (Å²) >= 11 is 9.50. The molecule has 0 saturated carbocycles. The maximum atomic E-state index is 11.0. The molecule has 0 aromatic carbocycles. The zero-order valence-corrected chi connectivity index (χ0v) is 12.2. The van der Waals surface area contributed by atoms with E-state index in [4.69, 9.17) is 11.6 Å². The number of hydrogen-bond donors (Lipinski definition) is 0. The van der Waals surface area contributed by atoms with E-state index in [9.17, 15) is 4.79 Å². The van der Waals surface area contributed by atoms with Crippen molar-refractivity contribution < 1.29 is 4.79 Å². The van der Waals surface area contributed by atoms with Gasteiger partial charge in [0.15, 0.2) is 0 Å². The second-order valence-corrected chi connectivity index (χ2v) is 5.64. The summed E-state index contributed by atoms with van der Waals surface area (Å²) in [5, 5.41) is 4.90. The van der Waals surface area contributed by atoms with Crippen molar-refractivity contribution in [1.82, 2.24) is 14.8 Å². The van der Waals surface area contributed by atoms with E-state index in [0.29, 0.717) is 16.4 Å². The lowest BCUT2D eigenvalue weighted by molar-refractivity contribution is -0.114. The Bertz CT molecular complexity index is 595. The van der Waals surface area contributed by atoms with Gasteiger partial charge in [-0.05, 0) is 41.9 Å².